The van der Waals surface area contributed by atoms with Gasteiger partial charge in [0, 0.05) is 26.2 Å². The van der Waals surface area contributed by atoms with Crippen molar-refractivity contribution >= 4 is 5.91 Å². The summed E-state index contributed by atoms with van der Waals surface area (Å²) in [4.78, 5) is 17.4. The minimum atomic E-state index is -0.176. The third kappa shape index (κ3) is 2.79. The number of hydrogen-bond acceptors (Lipinski definition) is 3. The number of piperidine rings is 1. The fourth-order valence-corrected chi connectivity index (χ4v) is 3.61. The van der Waals surface area contributed by atoms with Crippen LogP contribution in [0.4, 0.5) is 0 Å². The van der Waals surface area contributed by atoms with Gasteiger partial charge in [0.2, 0.25) is 5.91 Å². The van der Waals surface area contributed by atoms with Crippen LogP contribution >= 0.6 is 0 Å². The Balaban J connectivity index is 2.08. The molecule has 2 aliphatic heterocycles. The second-order valence-electron chi connectivity index (χ2n) is 6.71. The lowest BCUT2D eigenvalue weighted by molar-refractivity contribution is -0.145. The number of likely N-dealkylation sites (tertiary alicyclic amines) is 1. The van der Waals surface area contributed by atoms with E-state index in [1.165, 1.54) is 6.42 Å². The summed E-state index contributed by atoms with van der Waals surface area (Å²) in [6.07, 6.45) is 3.33. The molecule has 0 aromatic carbocycles. The normalized spacial score (nSPS) is 32.8. The molecule has 110 valence electrons. The number of carbonyl (C=O) groups is 1. The molecule has 0 aliphatic carbocycles. The maximum Gasteiger partial charge on any atom is 0.230 e. The molecule has 4 nitrogen and oxygen atoms in total. The highest BCUT2D eigenvalue weighted by Gasteiger charge is 2.46. The third-order valence-electron chi connectivity index (χ3n) is 5.19. The smallest absolute Gasteiger partial charge is 0.230 e. The van der Waals surface area contributed by atoms with Gasteiger partial charge in [0.15, 0.2) is 0 Å². The molecular formula is C15H29N3O. The Morgan fingerprint density at radius 3 is 2.74 bits per heavy atom. The standard InChI is InChI=1S/C15H29N3O/c1-12(2)15(7-8-16-11-15)14(19)18(4)13-6-5-9-17(3)10-13/h12-13,16H,5-11H2,1-4H3. The average Bonchev–Trinajstić information content (AvgIpc) is 2.87. The highest BCUT2D eigenvalue weighted by molar-refractivity contribution is 5.83. The van der Waals surface area contributed by atoms with Crippen molar-refractivity contribution in [2.75, 3.05) is 40.3 Å². The molecule has 2 rings (SSSR count). The van der Waals surface area contributed by atoms with Crippen LogP contribution in [0.25, 0.3) is 0 Å². The largest absolute Gasteiger partial charge is 0.341 e. The highest BCUT2D eigenvalue weighted by atomic mass is 16.2. The van der Waals surface area contributed by atoms with E-state index >= 15 is 0 Å². The summed E-state index contributed by atoms with van der Waals surface area (Å²) in [6.45, 7) is 8.37. The van der Waals surface area contributed by atoms with Crippen LogP contribution in [0.5, 0.6) is 0 Å². The summed E-state index contributed by atoms with van der Waals surface area (Å²) in [7, 11) is 4.16. The number of nitrogens with one attached hydrogen (secondary N) is 1. The highest BCUT2D eigenvalue weighted by Crippen LogP contribution is 2.36. The Hall–Kier alpha value is -0.610. The summed E-state index contributed by atoms with van der Waals surface area (Å²) in [6, 6.07) is 0.391. The molecule has 2 atom stereocenters. The number of likely N-dealkylation sites (N-methyl/N-ethyl adjacent to an activating group) is 2. The lowest BCUT2D eigenvalue weighted by Crippen LogP contribution is -2.54. The molecule has 1 amide bonds. The Kier molecular flexibility index (Phi) is 4.51. The quantitative estimate of drug-likeness (QED) is 0.834. The molecule has 19 heavy (non-hydrogen) atoms. The van der Waals surface area contributed by atoms with Crippen LogP contribution in [0.1, 0.15) is 33.1 Å². The lowest BCUT2D eigenvalue weighted by atomic mass is 9.75. The molecule has 1 N–H and O–H groups in total. The van der Waals surface area contributed by atoms with Crippen LogP contribution in [0.2, 0.25) is 0 Å². The minimum absolute atomic E-state index is 0.176. The van der Waals surface area contributed by atoms with E-state index < -0.39 is 0 Å². The molecule has 2 unspecified atom stereocenters. The topological polar surface area (TPSA) is 35.6 Å². The first-order valence-corrected chi connectivity index (χ1v) is 7.64. The Bertz CT molecular complexity index is 323. The number of nitrogens with zero attached hydrogens (tertiary/aromatic N) is 2. The van der Waals surface area contributed by atoms with Gasteiger partial charge in [-0.25, -0.2) is 0 Å². The molecule has 2 aliphatic rings. The van der Waals surface area contributed by atoms with Crippen LogP contribution in [0.15, 0.2) is 0 Å². The van der Waals surface area contributed by atoms with E-state index in [9.17, 15) is 4.79 Å². The molecule has 2 saturated heterocycles. The molecule has 0 bridgehead atoms. The van der Waals surface area contributed by atoms with Crippen molar-refractivity contribution in [1.82, 2.24) is 15.1 Å². The Labute approximate surface area is 117 Å². The van der Waals surface area contributed by atoms with Gasteiger partial charge in [-0.05, 0) is 45.3 Å². The maximum atomic E-state index is 13.0. The van der Waals surface area contributed by atoms with Crippen LogP contribution < -0.4 is 5.32 Å². The average molecular weight is 267 g/mol. The lowest BCUT2D eigenvalue weighted by Gasteiger charge is -2.41. The first-order valence-electron chi connectivity index (χ1n) is 7.64. The molecule has 0 aromatic heterocycles. The van der Waals surface area contributed by atoms with Crippen molar-refractivity contribution in [3.63, 3.8) is 0 Å². The molecule has 4 heteroatoms. The van der Waals surface area contributed by atoms with Crippen molar-refractivity contribution in [1.29, 1.82) is 0 Å². The maximum absolute atomic E-state index is 13.0. The zero-order valence-electron chi connectivity index (χ0n) is 12.9. The van der Waals surface area contributed by atoms with Crippen molar-refractivity contribution in [3.05, 3.63) is 0 Å². The van der Waals surface area contributed by atoms with Crippen molar-refractivity contribution in [2.45, 2.75) is 39.2 Å². The van der Waals surface area contributed by atoms with Gasteiger partial charge >= 0.3 is 0 Å². The second-order valence-corrected chi connectivity index (χ2v) is 6.71. The molecule has 0 aromatic rings. The third-order valence-corrected chi connectivity index (χ3v) is 5.19. The first kappa shape index (κ1) is 14.8. The van der Waals surface area contributed by atoms with Crippen molar-refractivity contribution in [2.24, 2.45) is 11.3 Å². The van der Waals surface area contributed by atoms with E-state index in [0.717, 1.165) is 39.0 Å². The molecular weight excluding hydrogens is 238 g/mol. The molecule has 2 fully saturated rings. The minimum Gasteiger partial charge on any atom is -0.341 e. The SMILES string of the molecule is CC(C)C1(C(=O)N(C)C2CCCN(C)C2)CCNC1. The van der Waals surface area contributed by atoms with Gasteiger partial charge in [-0.1, -0.05) is 13.8 Å². The summed E-state index contributed by atoms with van der Waals surface area (Å²) >= 11 is 0. The van der Waals surface area contributed by atoms with Crippen molar-refractivity contribution < 1.29 is 4.79 Å². The zero-order valence-corrected chi connectivity index (χ0v) is 12.9. The van der Waals surface area contributed by atoms with Crippen LogP contribution in [-0.4, -0.2) is 62.0 Å². The summed E-state index contributed by atoms with van der Waals surface area (Å²) < 4.78 is 0. The summed E-state index contributed by atoms with van der Waals surface area (Å²) in [5.74, 6) is 0.756. The molecule has 0 radical (unpaired) electrons. The van der Waals surface area contributed by atoms with Crippen LogP contribution in [0.3, 0.4) is 0 Å². The van der Waals surface area contributed by atoms with E-state index in [1.807, 2.05) is 11.9 Å². The second kappa shape index (κ2) is 5.80. The summed E-state index contributed by atoms with van der Waals surface area (Å²) in [5.41, 5.74) is -0.176. The van der Waals surface area contributed by atoms with E-state index in [1.54, 1.807) is 0 Å². The fraction of sp³-hybridized carbons (Fsp3) is 0.933. The van der Waals surface area contributed by atoms with Crippen LogP contribution in [0, 0.1) is 11.3 Å². The van der Waals surface area contributed by atoms with E-state index in [-0.39, 0.29) is 5.41 Å². The number of hydrogen-bond donors (Lipinski definition) is 1. The fourth-order valence-electron chi connectivity index (χ4n) is 3.61. The Morgan fingerprint density at radius 2 is 2.21 bits per heavy atom. The van der Waals surface area contributed by atoms with E-state index in [2.05, 4.69) is 31.1 Å². The zero-order chi connectivity index (χ0) is 14.0. The van der Waals surface area contributed by atoms with Gasteiger partial charge in [-0.15, -0.1) is 0 Å². The first-order chi connectivity index (χ1) is 8.97. The molecule has 2 heterocycles. The molecule has 0 saturated carbocycles. The number of amides is 1. The molecule has 0 spiro atoms. The van der Waals surface area contributed by atoms with Crippen LogP contribution in [-0.2, 0) is 4.79 Å². The number of rotatable bonds is 3. The predicted octanol–water partition coefficient (Wildman–Crippen LogP) is 1.17. The van der Waals surface area contributed by atoms with E-state index in [4.69, 9.17) is 0 Å². The van der Waals surface area contributed by atoms with Gasteiger partial charge in [0.05, 0.1) is 5.41 Å². The number of carbonyl (C=O) groups excluding carboxylic acids is 1. The predicted molar refractivity (Wildman–Crippen MR) is 78.0 cm³/mol. The van der Waals surface area contributed by atoms with Gasteiger partial charge in [0.1, 0.15) is 0 Å². The monoisotopic (exact) mass is 267 g/mol. The van der Waals surface area contributed by atoms with Crippen molar-refractivity contribution in [3.8, 4) is 0 Å². The van der Waals surface area contributed by atoms with Gasteiger partial charge in [-0.2, -0.15) is 0 Å². The van der Waals surface area contributed by atoms with Gasteiger partial charge < -0.3 is 15.1 Å². The van der Waals surface area contributed by atoms with E-state index in [0.29, 0.717) is 17.9 Å². The van der Waals surface area contributed by atoms with Gasteiger partial charge in [-0.3, -0.25) is 4.79 Å². The van der Waals surface area contributed by atoms with Gasteiger partial charge in [0.25, 0.3) is 0 Å². The summed E-state index contributed by atoms with van der Waals surface area (Å²) in [5, 5.41) is 3.38. The Morgan fingerprint density at radius 1 is 1.47 bits per heavy atom.